The van der Waals surface area contributed by atoms with Gasteiger partial charge in [-0.25, -0.2) is 4.39 Å². The standard InChI is InChI=1S/C19H30FN/c1-6-21-18(15-7-9-19(4,5)10-8-15)17-14(3)11-13(2)12-16(17)20/h11-12,15,18,21H,6-10H2,1-5H3. The summed E-state index contributed by atoms with van der Waals surface area (Å²) in [5, 5.41) is 3.56. The lowest BCUT2D eigenvalue weighted by Crippen LogP contribution is -2.34. The normalized spacial score (nSPS) is 20.5. The zero-order valence-corrected chi connectivity index (χ0v) is 14.2. The maximum Gasteiger partial charge on any atom is 0.128 e. The van der Waals surface area contributed by atoms with Crippen molar-refractivity contribution in [3.8, 4) is 0 Å². The third kappa shape index (κ3) is 3.85. The number of benzene rings is 1. The number of nitrogens with one attached hydrogen (secondary N) is 1. The SMILES string of the molecule is CCNC(c1c(C)cc(C)cc1F)C1CCC(C)(C)CC1. The Morgan fingerprint density at radius 1 is 1.24 bits per heavy atom. The summed E-state index contributed by atoms with van der Waals surface area (Å²) in [6, 6.07) is 3.95. The van der Waals surface area contributed by atoms with Crippen molar-refractivity contribution in [3.05, 3.63) is 34.6 Å². The summed E-state index contributed by atoms with van der Waals surface area (Å²) in [5.74, 6) is 0.511. The molecule has 2 rings (SSSR count). The van der Waals surface area contributed by atoms with Gasteiger partial charge in [-0.15, -0.1) is 0 Å². The molecular formula is C19H30FN. The third-order valence-electron chi connectivity index (χ3n) is 5.07. The molecule has 21 heavy (non-hydrogen) atoms. The maximum atomic E-state index is 14.6. The van der Waals surface area contributed by atoms with Crippen LogP contribution in [0.4, 0.5) is 4.39 Å². The topological polar surface area (TPSA) is 12.0 Å². The van der Waals surface area contributed by atoms with E-state index in [0.717, 1.165) is 23.2 Å². The van der Waals surface area contributed by atoms with E-state index in [4.69, 9.17) is 0 Å². The molecular weight excluding hydrogens is 261 g/mol. The Kier molecular flexibility index (Phi) is 5.08. The average molecular weight is 291 g/mol. The van der Waals surface area contributed by atoms with E-state index in [-0.39, 0.29) is 11.9 Å². The molecule has 1 aliphatic carbocycles. The summed E-state index contributed by atoms with van der Waals surface area (Å²) in [6.07, 6.45) is 4.87. The minimum atomic E-state index is -0.0386. The molecule has 1 fully saturated rings. The van der Waals surface area contributed by atoms with E-state index < -0.39 is 0 Å². The van der Waals surface area contributed by atoms with Crippen molar-refractivity contribution in [3.63, 3.8) is 0 Å². The van der Waals surface area contributed by atoms with Crippen molar-refractivity contribution in [2.45, 2.75) is 66.3 Å². The lowest BCUT2D eigenvalue weighted by atomic mass is 9.70. The molecule has 1 nitrogen and oxygen atoms in total. The fourth-order valence-corrected chi connectivity index (χ4v) is 3.80. The Balaban J connectivity index is 2.28. The summed E-state index contributed by atoms with van der Waals surface area (Å²) >= 11 is 0. The summed E-state index contributed by atoms with van der Waals surface area (Å²) < 4.78 is 14.6. The van der Waals surface area contributed by atoms with Gasteiger partial charge in [0.2, 0.25) is 0 Å². The number of hydrogen-bond acceptors (Lipinski definition) is 1. The van der Waals surface area contributed by atoms with E-state index >= 15 is 0 Å². The molecule has 1 aromatic carbocycles. The van der Waals surface area contributed by atoms with Crippen LogP contribution in [0.15, 0.2) is 12.1 Å². The van der Waals surface area contributed by atoms with Gasteiger partial charge in [0.15, 0.2) is 0 Å². The van der Waals surface area contributed by atoms with Gasteiger partial charge in [-0.2, -0.15) is 0 Å². The first-order chi connectivity index (χ1) is 9.84. The van der Waals surface area contributed by atoms with Crippen LogP contribution in [0.25, 0.3) is 0 Å². The highest BCUT2D eigenvalue weighted by Gasteiger charge is 2.33. The molecule has 2 heteroatoms. The van der Waals surface area contributed by atoms with E-state index in [9.17, 15) is 4.39 Å². The molecule has 0 bridgehead atoms. The Labute approximate surface area is 129 Å². The van der Waals surface area contributed by atoms with Gasteiger partial charge in [0.05, 0.1) is 0 Å². The molecule has 1 aromatic rings. The minimum Gasteiger partial charge on any atom is -0.310 e. The molecule has 0 saturated heterocycles. The first-order valence-corrected chi connectivity index (χ1v) is 8.34. The fourth-order valence-electron chi connectivity index (χ4n) is 3.80. The van der Waals surface area contributed by atoms with Crippen molar-refractivity contribution in [2.75, 3.05) is 6.54 Å². The highest BCUT2D eigenvalue weighted by molar-refractivity contribution is 5.35. The minimum absolute atomic E-state index is 0.0386. The number of aryl methyl sites for hydroxylation is 2. The van der Waals surface area contributed by atoms with Crippen LogP contribution in [0.3, 0.4) is 0 Å². The molecule has 0 amide bonds. The zero-order valence-electron chi connectivity index (χ0n) is 14.2. The van der Waals surface area contributed by atoms with Gasteiger partial charge in [-0.1, -0.05) is 26.8 Å². The van der Waals surface area contributed by atoms with Gasteiger partial charge >= 0.3 is 0 Å². The molecule has 1 saturated carbocycles. The Morgan fingerprint density at radius 3 is 2.38 bits per heavy atom. The second kappa shape index (κ2) is 6.48. The van der Waals surface area contributed by atoms with Crippen LogP contribution in [0.1, 0.15) is 69.2 Å². The molecule has 1 atom stereocenters. The molecule has 0 aromatic heterocycles. The Morgan fingerprint density at radius 2 is 1.86 bits per heavy atom. The summed E-state index contributed by atoms with van der Waals surface area (Å²) in [4.78, 5) is 0. The van der Waals surface area contributed by atoms with Crippen LogP contribution in [0, 0.1) is 31.0 Å². The Bertz CT molecular complexity index is 459. The quantitative estimate of drug-likeness (QED) is 0.792. The van der Waals surface area contributed by atoms with Crippen molar-refractivity contribution in [2.24, 2.45) is 11.3 Å². The van der Waals surface area contributed by atoms with Crippen molar-refractivity contribution in [1.82, 2.24) is 5.32 Å². The zero-order chi connectivity index (χ0) is 15.6. The highest BCUT2D eigenvalue weighted by Crippen LogP contribution is 2.43. The third-order valence-corrected chi connectivity index (χ3v) is 5.07. The molecule has 0 spiro atoms. The predicted octanol–water partition coefficient (Wildman–Crippen LogP) is 5.31. The molecule has 0 radical (unpaired) electrons. The van der Waals surface area contributed by atoms with Crippen LogP contribution in [-0.2, 0) is 0 Å². The van der Waals surface area contributed by atoms with E-state index in [1.807, 2.05) is 13.8 Å². The van der Waals surface area contributed by atoms with Crippen LogP contribution in [0.2, 0.25) is 0 Å². The van der Waals surface area contributed by atoms with Crippen molar-refractivity contribution >= 4 is 0 Å². The lowest BCUT2D eigenvalue weighted by molar-refractivity contribution is 0.160. The number of halogens is 1. The largest absolute Gasteiger partial charge is 0.310 e. The fraction of sp³-hybridized carbons (Fsp3) is 0.684. The molecule has 1 aliphatic rings. The molecule has 118 valence electrons. The van der Waals surface area contributed by atoms with Crippen LogP contribution in [0.5, 0.6) is 0 Å². The molecule has 1 N–H and O–H groups in total. The first kappa shape index (κ1) is 16.5. The first-order valence-electron chi connectivity index (χ1n) is 8.34. The van der Waals surface area contributed by atoms with Crippen molar-refractivity contribution < 1.29 is 4.39 Å². The number of hydrogen-bond donors (Lipinski definition) is 1. The Hall–Kier alpha value is -0.890. The second-order valence-electron chi connectivity index (χ2n) is 7.51. The molecule has 0 heterocycles. The summed E-state index contributed by atoms with van der Waals surface area (Å²) in [7, 11) is 0. The van der Waals surface area contributed by atoms with E-state index in [0.29, 0.717) is 11.3 Å². The van der Waals surface area contributed by atoms with Gasteiger partial charge in [-0.3, -0.25) is 0 Å². The second-order valence-corrected chi connectivity index (χ2v) is 7.51. The lowest BCUT2D eigenvalue weighted by Gasteiger charge is -2.39. The highest BCUT2D eigenvalue weighted by atomic mass is 19.1. The monoisotopic (exact) mass is 291 g/mol. The van der Waals surface area contributed by atoms with E-state index in [2.05, 4.69) is 32.2 Å². The summed E-state index contributed by atoms with van der Waals surface area (Å²) in [6.45, 7) is 11.7. The van der Waals surface area contributed by atoms with E-state index in [1.54, 1.807) is 6.07 Å². The molecule has 0 aliphatic heterocycles. The van der Waals surface area contributed by atoms with Crippen LogP contribution < -0.4 is 5.32 Å². The number of rotatable bonds is 4. The average Bonchev–Trinajstić information content (AvgIpc) is 2.37. The maximum absolute atomic E-state index is 14.6. The van der Waals surface area contributed by atoms with Crippen LogP contribution >= 0.6 is 0 Å². The van der Waals surface area contributed by atoms with Crippen molar-refractivity contribution in [1.29, 1.82) is 0 Å². The van der Waals surface area contributed by atoms with Gasteiger partial charge < -0.3 is 5.32 Å². The van der Waals surface area contributed by atoms with Gasteiger partial charge in [0.25, 0.3) is 0 Å². The van der Waals surface area contributed by atoms with Gasteiger partial charge in [-0.05, 0) is 74.6 Å². The summed E-state index contributed by atoms with van der Waals surface area (Å²) in [5.41, 5.74) is 3.44. The van der Waals surface area contributed by atoms with E-state index in [1.165, 1.54) is 25.7 Å². The van der Waals surface area contributed by atoms with Gasteiger partial charge in [0, 0.05) is 11.6 Å². The predicted molar refractivity (Wildman–Crippen MR) is 88.0 cm³/mol. The smallest absolute Gasteiger partial charge is 0.128 e. The van der Waals surface area contributed by atoms with Crippen LogP contribution in [-0.4, -0.2) is 6.54 Å². The van der Waals surface area contributed by atoms with Gasteiger partial charge in [0.1, 0.15) is 5.82 Å². The molecule has 1 unspecified atom stereocenters.